The first-order valence-electron chi connectivity index (χ1n) is 15.6. The third-order valence-electron chi connectivity index (χ3n) is 9.43. The number of halogens is 1. The zero-order chi connectivity index (χ0) is 31.2. The number of carbonyl (C=O) groups excluding carboxylic acids is 2. The van der Waals surface area contributed by atoms with Crippen LogP contribution in [0.5, 0.6) is 0 Å². The topological polar surface area (TPSA) is 167 Å². The summed E-state index contributed by atoms with van der Waals surface area (Å²) in [6.45, 7) is 0.602. The van der Waals surface area contributed by atoms with Gasteiger partial charge >= 0.3 is 5.69 Å². The summed E-state index contributed by atoms with van der Waals surface area (Å²) < 4.78 is 0. The third kappa shape index (κ3) is 5.87. The molecule has 2 fully saturated rings. The van der Waals surface area contributed by atoms with Gasteiger partial charge in [-0.25, -0.2) is 9.78 Å². The largest absolute Gasteiger partial charge is 0.368 e. The van der Waals surface area contributed by atoms with Gasteiger partial charge in [0, 0.05) is 29.5 Å². The summed E-state index contributed by atoms with van der Waals surface area (Å²) in [6, 6.07) is 16.0. The second kappa shape index (κ2) is 11.8. The van der Waals surface area contributed by atoms with Gasteiger partial charge in [-0.05, 0) is 92.4 Å². The lowest BCUT2D eigenvalue weighted by atomic mass is 9.81. The number of benzene rings is 3. The third-order valence-corrected chi connectivity index (χ3v) is 9.74. The number of nitrogens with two attached hydrogens (primary N) is 2. The Labute approximate surface area is 264 Å². The molecule has 11 heteroatoms. The lowest BCUT2D eigenvalue weighted by Crippen LogP contribution is -2.52. The number of primary amides is 1. The summed E-state index contributed by atoms with van der Waals surface area (Å²) in [5, 5.41) is 0.621. The predicted octanol–water partition coefficient (Wildman–Crippen LogP) is 5.13. The molecule has 10 nitrogen and oxygen atoms in total. The summed E-state index contributed by atoms with van der Waals surface area (Å²) in [5.41, 5.74) is 17.7. The van der Waals surface area contributed by atoms with Gasteiger partial charge in [0.15, 0.2) is 0 Å². The summed E-state index contributed by atoms with van der Waals surface area (Å²) in [6.07, 6.45) is 5.66. The number of nitrogens with zero attached hydrogens (tertiary/aromatic N) is 2. The molecular weight excluding hydrogens is 590 g/mol. The maximum atomic E-state index is 14.2. The Hall–Kier alpha value is -4.41. The minimum absolute atomic E-state index is 0.146. The Balaban J connectivity index is 1.19. The fraction of sp³-hybridized carbons (Fsp3) is 0.353. The summed E-state index contributed by atoms with van der Waals surface area (Å²) >= 11 is 6.70. The second-order valence-corrected chi connectivity index (χ2v) is 12.9. The molecule has 0 radical (unpaired) electrons. The molecule has 5 aromatic rings. The average molecular weight is 626 g/mol. The van der Waals surface area contributed by atoms with Crippen LogP contribution in [0.1, 0.15) is 55.8 Å². The van der Waals surface area contributed by atoms with E-state index in [9.17, 15) is 14.4 Å². The van der Waals surface area contributed by atoms with Gasteiger partial charge in [0.2, 0.25) is 11.8 Å². The van der Waals surface area contributed by atoms with Crippen LogP contribution in [0.25, 0.3) is 33.2 Å². The lowest BCUT2D eigenvalue weighted by molar-refractivity contribution is -0.127. The Kier molecular flexibility index (Phi) is 7.71. The molecular formula is C34H36ClN7O3. The van der Waals surface area contributed by atoms with Crippen molar-refractivity contribution in [3.05, 3.63) is 81.5 Å². The fourth-order valence-electron chi connectivity index (χ4n) is 6.66. The smallest absolute Gasteiger partial charge is 0.323 e. The van der Waals surface area contributed by atoms with Crippen molar-refractivity contribution in [3.63, 3.8) is 0 Å². The number of amides is 2. The van der Waals surface area contributed by atoms with Crippen LogP contribution < -0.4 is 22.1 Å². The normalized spacial score (nSPS) is 19.2. The van der Waals surface area contributed by atoms with Crippen LogP contribution in [0.4, 0.5) is 5.69 Å². The molecule has 232 valence electrons. The van der Waals surface area contributed by atoms with E-state index < -0.39 is 11.9 Å². The number of anilines is 1. The maximum absolute atomic E-state index is 14.2. The van der Waals surface area contributed by atoms with E-state index in [0.29, 0.717) is 53.0 Å². The highest BCUT2D eigenvalue weighted by Crippen LogP contribution is 2.40. The Morgan fingerprint density at radius 2 is 1.64 bits per heavy atom. The van der Waals surface area contributed by atoms with E-state index in [-0.39, 0.29) is 23.9 Å². The molecule has 2 aliphatic carbocycles. The molecule has 2 saturated carbocycles. The van der Waals surface area contributed by atoms with Crippen molar-refractivity contribution < 1.29 is 9.59 Å². The number of H-pyrrole nitrogens is 3. The van der Waals surface area contributed by atoms with Gasteiger partial charge in [0.05, 0.1) is 27.1 Å². The van der Waals surface area contributed by atoms with E-state index in [2.05, 4.69) is 15.0 Å². The van der Waals surface area contributed by atoms with Gasteiger partial charge in [-0.15, -0.1) is 0 Å². The number of fused-ring (bicyclic) bond motifs is 2. The zero-order valence-corrected chi connectivity index (χ0v) is 25.6. The minimum Gasteiger partial charge on any atom is -0.368 e. The van der Waals surface area contributed by atoms with Crippen molar-refractivity contribution in [1.29, 1.82) is 0 Å². The zero-order valence-electron chi connectivity index (χ0n) is 24.8. The molecule has 0 aliphatic heterocycles. The van der Waals surface area contributed by atoms with Crippen LogP contribution in [0.2, 0.25) is 5.02 Å². The monoisotopic (exact) mass is 625 g/mol. The molecule has 0 saturated heterocycles. The summed E-state index contributed by atoms with van der Waals surface area (Å²) in [4.78, 5) is 54.4. The van der Waals surface area contributed by atoms with Crippen LogP contribution >= 0.6 is 11.6 Å². The lowest BCUT2D eigenvalue weighted by Gasteiger charge is -2.35. The molecule has 7 N–H and O–H groups in total. The van der Waals surface area contributed by atoms with Gasteiger partial charge in [-0.3, -0.25) is 14.5 Å². The molecule has 2 heterocycles. The number of nitrogens with one attached hydrogen (secondary N) is 3. The van der Waals surface area contributed by atoms with E-state index in [1.165, 1.54) is 4.90 Å². The van der Waals surface area contributed by atoms with Gasteiger partial charge in [0.1, 0.15) is 11.9 Å². The number of rotatable bonds is 9. The molecule has 2 amide bonds. The van der Waals surface area contributed by atoms with Crippen molar-refractivity contribution in [2.75, 3.05) is 11.4 Å². The molecule has 3 aromatic carbocycles. The first kappa shape index (κ1) is 29.3. The van der Waals surface area contributed by atoms with E-state index in [4.69, 9.17) is 28.1 Å². The van der Waals surface area contributed by atoms with Crippen LogP contribution in [0.15, 0.2) is 59.4 Å². The van der Waals surface area contributed by atoms with E-state index >= 15 is 0 Å². The number of hydrogen-bond donors (Lipinski definition) is 5. The van der Waals surface area contributed by atoms with Crippen LogP contribution in [0, 0.1) is 11.8 Å². The summed E-state index contributed by atoms with van der Waals surface area (Å²) in [5.74, 6) is 0.919. The van der Waals surface area contributed by atoms with Crippen molar-refractivity contribution in [1.82, 2.24) is 19.9 Å². The van der Waals surface area contributed by atoms with E-state index in [0.717, 1.165) is 59.2 Å². The molecule has 45 heavy (non-hydrogen) atoms. The molecule has 1 atom stereocenters. The molecule has 0 bridgehead atoms. The van der Waals surface area contributed by atoms with Crippen LogP contribution in [-0.4, -0.2) is 44.3 Å². The molecule has 2 aromatic heterocycles. The highest BCUT2D eigenvalue weighted by atomic mass is 35.5. The van der Waals surface area contributed by atoms with Crippen molar-refractivity contribution in [2.45, 2.75) is 56.9 Å². The molecule has 7 rings (SSSR count). The van der Waals surface area contributed by atoms with Crippen molar-refractivity contribution >= 4 is 51.2 Å². The van der Waals surface area contributed by atoms with Gasteiger partial charge in [0.25, 0.3) is 0 Å². The quantitative estimate of drug-likeness (QED) is 0.153. The number of hydrogen-bond acceptors (Lipinski definition) is 5. The maximum Gasteiger partial charge on any atom is 0.323 e. The fourth-order valence-corrected chi connectivity index (χ4v) is 6.93. The highest BCUT2D eigenvalue weighted by Gasteiger charge is 2.36. The number of carbonyl (C=O) groups is 2. The Morgan fingerprint density at radius 3 is 2.33 bits per heavy atom. The number of imidazole rings is 2. The Bertz CT molecular complexity index is 1950. The second-order valence-electron chi connectivity index (χ2n) is 12.5. The van der Waals surface area contributed by atoms with Crippen LogP contribution in [-0.2, 0) is 16.0 Å². The Morgan fingerprint density at radius 1 is 0.911 bits per heavy atom. The molecule has 0 unspecified atom stereocenters. The number of aromatic amines is 3. The predicted molar refractivity (Wildman–Crippen MR) is 176 cm³/mol. The van der Waals surface area contributed by atoms with Crippen molar-refractivity contribution in [2.24, 2.45) is 23.3 Å². The molecule has 2 aliphatic rings. The number of aromatic nitrogens is 4. The first-order valence-corrected chi connectivity index (χ1v) is 16.0. The van der Waals surface area contributed by atoms with Gasteiger partial charge in [-0.1, -0.05) is 35.9 Å². The standard InChI is InChI=1S/C34H36ClN7O3/c35-25-16-29-28(38-32(39-29)21-9-10-21)15-24(25)20-5-1-18(2-6-20)13-30(31(37)43)42(33(44)22-7-3-19(17-36)4-8-22)23-11-12-26-27(14-23)41-34(45)40-26/h1-2,5-6,11-12,14-16,19,21-22,30H,3-4,7-10,13,17,36H2,(H2,37,43)(H,38,39)(H2,40,41,45)/t19?,22?,30-/m0/s1. The van der Waals surface area contributed by atoms with E-state index in [1.54, 1.807) is 18.2 Å². The van der Waals surface area contributed by atoms with Crippen molar-refractivity contribution in [3.8, 4) is 11.1 Å². The highest BCUT2D eigenvalue weighted by molar-refractivity contribution is 6.34. The summed E-state index contributed by atoms with van der Waals surface area (Å²) in [7, 11) is 0. The SMILES string of the molecule is NCC1CCC(C(=O)N(c2ccc3[nH]c(=O)[nH]c3c2)[C@@H](Cc2ccc(-c3cc4nc(C5CC5)[nH]c4cc3Cl)cc2)C(N)=O)CC1. The first-order chi connectivity index (χ1) is 21.8. The minimum atomic E-state index is -0.941. The molecule has 0 spiro atoms. The van der Waals surface area contributed by atoms with Gasteiger partial charge < -0.3 is 26.4 Å². The van der Waals surface area contributed by atoms with Crippen LogP contribution in [0.3, 0.4) is 0 Å². The van der Waals surface area contributed by atoms with E-state index in [1.807, 2.05) is 36.4 Å². The average Bonchev–Trinajstić information content (AvgIpc) is 3.70. The van der Waals surface area contributed by atoms with Gasteiger partial charge in [-0.2, -0.15) is 0 Å².